The Morgan fingerprint density at radius 1 is 0.875 bits per heavy atom. The molecule has 1 fully saturated rings. The zero-order valence-corrected chi connectivity index (χ0v) is 13.2. The van der Waals surface area contributed by atoms with Crippen molar-refractivity contribution in [3.05, 3.63) is 0 Å². The molecule has 0 aliphatic heterocycles. The zero-order valence-electron chi connectivity index (χ0n) is 13.2. The van der Waals surface area contributed by atoms with Crippen molar-refractivity contribution in [2.75, 3.05) is 0 Å². The molecular formula is C16H36. The normalized spacial score (nSPS) is 18.0. The topological polar surface area (TPSA) is 0 Å². The predicted octanol–water partition coefficient (Wildman–Crippen LogP) is 6.45. The van der Waals surface area contributed by atoms with Gasteiger partial charge in [-0.15, -0.1) is 0 Å². The Hall–Kier alpha value is 0. The van der Waals surface area contributed by atoms with Crippen LogP contribution in [0.5, 0.6) is 0 Å². The monoisotopic (exact) mass is 228 g/mol. The predicted molar refractivity (Wildman–Crippen MR) is 78.0 cm³/mol. The molecule has 0 radical (unpaired) electrons. The highest BCUT2D eigenvalue weighted by Gasteiger charge is 2.35. The summed E-state index contributed by atoms with van der Waals surface area (Å²) in [6.45, 7) is 17.5. The molecule has 1 saturated carbocycles. The van der Waals surface area contributed by atoms with E-state index in [0.29, 0.717) is 5.41 Å². The highest BCUT2D eigenvalue weighted by atomic mass is 14.4. The van der Waals surface area contributed by atoms with E-state index in [1.165, 1.54) is 38.5 Å². The zero-order chi connectivity index (χ0) is 13.2. The lowest BCUT2D eigenvalue weighted by Crippen LogP contribution is -2.23. The van der Waals surface area contributed by atoms with Crippen LogP contribution in [0.4, 0.5) is 0 Å². The van der Waals surface area contributed by atoms with Crippen LogP contribution in [0.25, 0.3) is 0 Å². The first-order valence-corrected chi connectivity index (χ1v) is 7.47. The summed E-state index contributed by atoms with van der Waals surface area (Å²) in [6, 6.07) is 0. The molecule has 0 atom stereocenters. The van der Waals surface area contributed by atoms with E-state index in [1.807, 2.05) is 27.7 Å². The maximum absolute atomic E-state index is 2.38. The molecule has 0 heteroatoms. The minimum absolute atomic E-state index is 0.528. The maximum Gasteiger partial charge on any atom is -0.0295 e. The molecule has 0 aromatic rings. The number of hydrogen-bond donors (Lipinski definition) is 0. The van der Waals surface area contributed by atoms with E-state index in [2.05, 4.69) is 27.7 Å². The van der Waals surface area contributed by atoms with E-state index in [9.17, 15) is 0 Å². The van der Waals surface area contributed by atoms with Gasteiger partial charge in [0.05, 0.1) is 0 Å². The molecule has 100 valence electrons. The minimum atomic E-state index is 0.528. The Kier molecular flexibility index (Phi) is 10.4. The van der Waals surface area contributed by atoms with E-state index in [1.54, 1.807) is 0 Å². The summed E-state index contributed by atoms with van der Waals surface area (Å²) in [7, 11) is 0. The Balaban J connectivity index is 0. The molecule has 0 aromatic heterocycles. The third-order valence-corrected chi connectivity index (χ3v) is 3.32. The van der Waals surface area contributed by atoms with Gasteiger partial charge in [-0.25, -0.2) is 0 Å². The van der Waals surface area contributed by atoms with Crippen LogP contribution in [-0.2, 0) is 0 Å². The molecule has 1 aliphatic rings. The fraction of sp³-hybridized carbons (Fsp3) is 1.00. The molecule has 0 aromatic carbocycles. The number of hydrogen-bond acceptors (Lipinski definition) is 0. The van der Waals surface area contributed by atoms with Gasteiger partial charge in [0.25, 0.3) is 0 Å². The summed E-state index contributed by atoms with van der Waals surface area (Å²) in [5, 5.41) is 0. The van der Waals surface area contributed by atoms with Gasteiger partial charge in [-0.05, 0) is 30.1 Å². The molecule has 1 aliphatic carbocycles. The van der Waals surface area contributed by atoms with Crippen molar-refractivity contribution in [2.45, 2.75) is 93.9 Å². The second kappa shape index (κ2) is 9.07. The van der Waals surface area contributed by atoms with E-state index in [-0.39, 0.29) is 0 Å². The molecule has 0 nitrogen and oxygen atoms in total. The first-order valence-electron chi connectivity index (χ1n) is 7.47. The highest BCUT2D eigenvalue weighted by Crippen LogP contribution is 2.48. The SMILES string of the molecule is CC.CC.CCC1(CC(C)(C)C)CCCC1. The standard InChI is InChI=1S/C12H24.2C2H6/c1-5-12(8-6-7-9-12)10-11(2,3)4;2*1-2/h5-10H2,1-4H3;2*1-2H3. The Bertz CT molecular complexity index is 133. The van der Waals surface area contributed by atoms with Crippen LogP contribution in [0, 0.1) is 10.8 Å². The van der Waals surface area contributed by atoms with E-state index in [0.717, 1.165) is 5.41 Å². The fourth-order valence-electron chi connectivity index (χ4n) is 2.91. The van der Waals surface area contributed by atoms with Gasteiger partial charge in [-0.1, -0.05) is 74.7 Å². The Morgan fingerprint density at radius 3 is 1.50 bits per heavy atom. The van der Waals surface area contributed by atoms with Crippen molar-refractivity contribution in [1.82, 2.24) is 0 Å². The van der Waals surface area contributed by atoms with Crippen molar-refractivity contribution in [1.29, 1.82) is 0 Å². The van der Waals surface area contributed by atoms with Gasteiger partial charge in [0.1, 0.15) is 0 Å². The maximum atomic E-state index is 2.38. The quantitative estimate of drug-likeness (QED) is 0.510. The summed E-state index contributed by atoms with van der Waals surface area (Å²) >= 11 is 0. The van der Waals surface area contributed by atoms with Gasteiger partial charge < -0.3 is 0 Å². The van der Waals surface area contributed by atoms with Crippen LogP contribution < -0.4 is 0 Å². The summed E-state index contributed by atoms with van der Waals surface area (Å²) in [4.78, 5) is 0. The lowest BCUT2D eigenvalue weighted by atomic mass is 9.71. The van der Waals surface area contributed by atoms with Crippen molar-refractivity contribution < 1.29 is 0 Å². The molecule has 0 amide bonds. The number of rotatable bonds is 2. The van der Waals surface area contributed by atoms with Crippen molar-refractivity contribution in [2.24, 2.45) is 10.8 Å². The summed E-state index contributed by atoms with van der Waals surface area (Å²) < 4.78 is 0. The van der Waals surface area contributed by atoms with Crippen LogP contribution in [-0.4, -0.2) is 0 Å². The van der Waals surface area contributed by atoms with Gasteiger partial charge in [0, 0.05) is 0 Å². The molecule has 16 heavy (non-hydrogen) atoms. The Morgan fingerprint density at radius 2 is 1.25 bits per heavy atom. The van der Waals surface area contributed by atoms with E-state index in [4.69, 9.17) is 0 Å². The molecule has 0 bridgehead atoms. The highest BCUT2D eigenvalue weighted by molar-refractivity contribution is 4.87. The van der Waals surface area contributed by atoms with E-state index < -0.39 is 0 Å². The third kappa shape index (κ3) is 7.30. The first kappa shape index (κ1) is 18.4. The van der Waals surface area contributed by atoms with Crippen LogP contribution >= 0.6 is 0 Å². The first-order chi connectivity index (χ1) is 7.47. The summed E-state index contributed by atoms with van der Waals surface area (Å²) in [6.07, 6.45) is 8.75. The third-order valence-electron chi connectivity index (χ3n) is 3.32. The second-order valence-electron chi connectivity index (χ2n) is 5.80. The van der Waals surface area contributed by atoms with Crippen LogP contribution in [0.2, 0.25) is 0 Å². The van der Waals surface area contributed by atoms with Crippen molar-refractivity contribution >= 4 is 0 Å². The molecular weight excluding hydrogens is 192 g/mol. The average Bonchev–Trinajstić information content (AvgIpc) is 2.71. The van der Waals surface area contributed by atoms with Crippen LogP contribution in [0.1, 0.15) is 93.9 Å². The van der Waals surface area contributed by atoms with Crippen LogP contribution in [0.3, 0.4) is 0 Å². The van der Waals surface area contributed by atoms with Gasteiger partial charge >= 0.3 is 0 Å². The molecule has 0 unspecified atom stereocenters. The molecule has 0 heterocycles. The van der Waals surface area contributed by atoms with Gasteiger partial charge in [-0.2, -0.15) is 0 Å². The molecule has 0 saturated heterocycles. The Labute approximate surface area is 105 Å². The average molecular weight is 228 g/mol. The molecule has 1 rings (SSSR count). The second-order valence-corrected chi connectivity index (χ2v) is 5.80. The molecule has 0 spiro atoms. The molecule has 0 N–H and O–H groups in total. The summed E-state index contributed by atoms with van der Waals surface area (Å²) in [5.74, 6) is 0. The lowest BCUT2D eigenvalue weighted by Gasteiger charge is -2.34. The minimum Gasteiger partial charge on any atom is -0.0683 e. The van der Waals surface area contributed by atoms with Gasteiger partial charge in [-0.3, -0.25) is 0 Å². The largest absolute Gasteiger partial charge is 0.0683 e. The van der Waals surface area contributed by atoms with Crippen molar-refractivity contribution in [3.8, 4) is 0 Å². The summed E-state index contributed by atoms with van der Waals surface area (Å²) in [5.41, 5.74) is 1.25. The lowest BCUT2D eigenvalue weighted by molar-refractivity contribution is 0.169. The van der Waals surface area contributed by atoms with Crippen molar-refractivity contribution in [3.63, 3.8) is 0 Å². The smallest absolute Gasteiger partial charge is 0.0295 e. The van der Waals surface area contributed by atoms with Crippen LogP contribution in [0.15, 0.2) is 0 Å². The fourth-order valence-corrected chi connectivity index (χ4v) is 2.91. The van der Waals surface area contributed by atoms with Gasteiger partial charge in [0.2, 0.25) is 0 Å². The van der Waals surface area contributed by atoms with E-state index >= 15 is 0 Å². The van der Waals surface area contributed by atoms with Gasteiger partial charge in [0.15, 0.2) is 0 Å².